The van der Waals surface area contributed by atoms with E-state index in [2.05, 4.69) is 22.0 Å². The van der Waals surface area contributed by atoms with Crippen molar-refractivity contribution < 1.29 is 14.3 Å². The predicted octanol–water partition coefficient (Wildman–Crippen LogP) is 3.59. The van der Waals surface area contributed by atoms with Crippen LogP contribution >= 0.6 is 0 Å². The lowest BCUT2D eigenvalue weighted by molar-refractivity contribution is -0.134. The molecule has 0 spiro atoms. The van der Waals surface area contributed by atoms with Crippen LogP contribution in [0.25, 0.3) is 0 Å². The molecule has 0 N–H and O–H groups in total. The molecule has 2 aliphatic heterocycles. The Morgan fingerprint density at radius 2 is 2.04 bits per heavy atom. The maximum atomic E-state index is 13.4. The zero-order valence-corrected chi connectivity index (χ0v) is 14.7. The molecule has 3 aliphatic rings. The van der Waals surface area contributed by atoms with Gasteiger partial charge in [-0.25, -0.2) is 0 Å². The fourth-order valence-corrected chi connectivity index (χ4v) is 4.55. The van der Waals surface area contributed by atoms with Gasteiger partial charge in [0.05, 0.1) is 17.7 Å². The molecular formula is C21H22N2O3. The number of carbonyl (C=O) groups is 1. The normalized spacial score (nSPS) is 23.8. The van der Waals surface area contributed by atoms with Crippen LogP contribution in [0.4, 0.5) is 0 Å². The first-order valence-electron chi connectivity index (χ1n) is 9.45. The number of nitrogens with zero attached hydrogens (tertiary/aromatic N) is 2. The molecule has 5 heteroatoms. The molecule has 1 amide bonds. The summed E-state index contributed by atoms with van der Waals surface area (Å²) in [6.07, 6.45) is 6.81. The Morgan fingerprint density at radius 1 is 1.12 bits per heavy atom. The maximum Gasteiger partial charge on any atom is 0.232 e. The van der Waals surface area contributed by atoms with Crippen molar-refractivity contribution in [2.24, 2.45) is 0 Å². The lowest BCUT2D eigenvalue weighted by atomic mass is 9.85. The molecule has 1 fully saturated rings. The van der Waals surface area contributed by atoms with Crippen molar-refractivity contribution in [2.75, 3.05) is 13.3 Å². The molecule has 2 atom stereocenters. The van der Waals surface area contributed by atoms with E-state index >= 15 is 0 Å². The summed E-state index contributed by atoms with van der Waals surface area (Å²) in [5, 5.41) is 0. The standard InChI is InChI=1S/C21H22N2O3/c24-21(16-6-1-4-14-5-2-10-22-20(14)16)23-11-3-7-17(23)15-8-9-18-19(12-15)26-13-25-18/h2,5,8-10,12,16-17H,1,3-4,6-7,11,13H2/t16-,17-/m0/s1. The van der Waals surface area contributed by atoms with Gasteiger partial charge in [0.15, 0.2) is 11.5 Å². The van der Waals surface area contributed by atoms with E-state index < -0.39 is 0 Å². The maximum absolute atomic E-state index is 13.4. The van der Waals surface area contributed by atoms with E-state index in [1.165, 1.54) is 5.56 Å². The van der Waals surface area contributed by atoms with Crippen molar-refractivity contribution in [3.05, 3.63) is 53.3 Å². The third kappa shape index (κ3) is 2.54. The van der Waals surface area contributed by atoms with Gasteiger partial charge in [-0.3, -0.25) is 9.78 Å². The second kappa shape index (κ2) is 6.31. The van der Waals surface area contributed by atoms with Gasteiger partial charge in [-0.2, -0.15) is 0 Å². The van der Waals surface area contributed by atoms with Crippen LogP contribution in [0.5, 0.6) is 11.5 Å². The Balaban J connectivity index is 1.43. The Kier molecular flexibility index (Phi) is 3.80. The van der Waals surface area contributed by atoms with Gasteiger partial charge in [-0.05, 0) is 61.4 Å². The molecule has 5 nitrogen and oxygen atoms in total. The van der Waals surface area contributed by atoms with Crippen LogP contribution in [0, 0.1) is 0 Å². The second-order valence-corrected chi connectivity index (χ2v) is 7.29. The van der Waals surface area contributed by atoms with E-state index in [1.54, 1.807) is 0 Å². The van der Waals surface area contributed by atoms with Crippen molar-refractivity contribution >= 4 is 5.91 Å². The number of aromatic nitrogens is 1. The van der Waals surface area contributed by atoms with Gasteiger partial charge in [0, 0.05) is 12.7 Å². The number of rotatable bonds is 2. The number of benzene rings is 1. The minimum Gasteiger partial charge on any atom is -0.454 e. The lowest BCUT2D eigenvalue weighted by Gasteiger charge is -2.31. The number of fused-ring (bicyclic) bond motifs is 2. The SMILES string of the molecule is O=C([C@H]1CCCc2cccnc21)N1CCC[C@H]1c1ccc2c(c1)OCO2. The van der Waals surface area contributed by atoms with E-state index in [0.717, 1.165) is 61.4 Å². The summed E-state index contributed by atoms with van der Waals surface area (Å²) < 4.78 is 10.9. The highest BCUT2D eigenvalue weighted by atomic mass is 16.7. The Bertz CT molecular complexity index is 851. The van der Waals surface area contributed by atoms with Gasteiger partial charge in [0.25, 0.3) is 0 Å². The molecule has 1 saturated heterocycles. The molecule has 0 unspecified atom stereocenters. The zero-order chi connectivity index (χ0) is 17.5. The lowest BCUT2D eigenvalue weighted by Crippen LogP contribution is -2.36. The zero-order valence-electron chi connectivity index (χ0n) is 14.7. The summed E-state index contributed by atoms with van der Waals surface area (Å²) in [7, 11) is 0. The molecule has 2 aromatic rings. The quantitative estimate of drug-likeness (QED) is 0.830. The molecule has 3 heterocycles. The summed E-state index contributed by atoms with van der Waals surface area (Å²) in [5.41, 5.74) is 3.35. The first kappa shape index (κ1) is 15.7. The second-order valence-electron chi connectivity index (χ2n) is 7.29. The van der Waals surface area contributed by atoms with Crippen molar-refractivity contribution in [1.82, 2.24) is 9.88 Å². The summed E-state index contributed by atoms with van der Waals surface area (Å²) >= 11 is 0. The average Bonchev–Trinajstić information content (AvgIpc) is 3.35. The monoisotopic (exact) mass is 350 g/mol. The van der Waals surface area contributed by atoms with Crippen molar-refractivity contribution in [3.8, 4) is 11.5 Å². The fourth-order valence-electron chi connectivity index (χ4n) is 4.55. The highest BCUT2D eigenvalue weighted by Crippen LogP contribution is 2.41. The first-order valence-corrected chi connectivity index (χ1v) is 9.45. The molecule has 5 rings (SSSR count). The number of likely N-dealkylation sites (tertiary alicyclic amines) is 1. The molecule has 0 saturated carbocycles. The Hall–Kier alpha value is -2.56. The van der Waals surface area contributed by atoms with Crippen LogP contribution in [0.1, 0.15) is 54.5 Å². The van der Waals surface area contributed by atoms with Gasteiger partial charge in [-0.15, -0.1) is 0 Å². The van der Waals surface area contributed by atoms with Crippen LogP contribution in [-0.4, -0.2) is 29.1 Å². The number of amides is 1. The van der Waals surface area contributed by atoms with Gasteiger partial charge in [0.1, 0.15) is 0 Å². The van der Waals surface area contributed by atoms with Crippen LogP contribution in [-0.2, 0) is 11.2 Å². The highest BCUT2D eigenvalue weighted by Gasteiger charge is 2.37. The molecule has 1 aliphatic carbocycles. The van der Waals surface area contributed by atoms with E-state index in [4.69, 9.17) is 9.47 Å². The highest BCUT2D eigenvalue weighted by molar-refractivity contribution is 5.84. The smallest absolute Gasteiger partial charge is 0.232 e. The third-order valence-corrected chi connectivity index (χ3v) is 5.81. The Morgan fingerprint density at radius 3 is 3.00 bits per heavy atom. The van der Waals surface area contributed by atoms with Crippen LogP contribution < -0.4 is 9.47 Å². The van der Waals surface area contributed by atoms with Gasteiger partial charge in [-0.1, -0.05) is 12.1 Å². The minimum absolute atomic E-state index is 0.102. The summed E-state index contributed by atoms with van der Waals surface area (Å²) in [4.78, 5) is 20.0. The third-order valence-electron chi connectivity index (χ3n) is 5.81. The number of pyridine rings is 1. The van der Waals surface area contributed by atoms with E-state index in [-0.39, 0.29) is 24.7 Å². The topological polar surface area (TPSA) is 51.7 Å². The minimum atomic E-state index is -0.102. The molecular weight excluding hydrogens is 328 g/mol. The van der Waals surface area contributed by atoms with E-state index in [0.29, 0.717) is 0 Å². The molecule has 1 aromatic heterocycles. The van der Waals surface area contributed by atoms with Crippen molar-refractivity contribution in [3.63, 3.8) is 0 Å². The average molecular weight is 350 g/mol. The summed E-state index contributed by atoms with van der Waals surface area (Å²) in [5.74, 6) is 1.70. The number of aryl methyl sites for hydroxylation is 1. The molecule has 0 bridgehead atoms. The van der Waals surface area contributed by atoms with Crippen molar-refractivity contribution in [1.29, 1.82) is 0 Å². The van der Waals surface area contributed by atoms with E-state index in [9.17, 15) is 4.79 Å². The van der Waals surface area contributed by atoms with Crippen LogP contribution in [0.2, 0.25) is 0 Å². The number of hydrogen-bond donors (Lipinski definition) is 0. The van der Waals surface area contributed by atoms with Crippen LogP contribution in [0.3, 0.4) is 0 Å². The van der Waals surface area contributed by atoms with Gasteiger partial charge < -0.3 is 14.4 Å². The Labute approximate surface area is 152 Å². The molecule has 1 aromatic carbocycles. The number of carbonyl (C=O) groups excluding carboxylic acids is 1. The summed E-state index contributed by atoms with van der Waals surface area (Å²) in [6, 6.07) is 10.3. The molecule has 134 valence electrons. The van der Waals surface area contributed by atoms with Gasteiger partial charge >= 0.3 is 0 Å². The largest absolute Gasteiger partial charge is 0.454 e. The fraction of sp³-hybridized carbons (Fsp3) is 0.429. The number of hydrogen-bond acceptors (Lipinski definition) is 4. The number of ether oxygens (including phenoxy) is 2. The van der Waals surface area contributed by atoms with Crippen molar-refractivity contribution in [2.45, 2.75) is 44.1 Å². The van der Waals surface area contributed by atoms with Crippen LogP contribution in [0.15, 0.2) is 36.5 Å². The molecule has 26 heavy (non-hydrogen) atoms. The predicted molar refractivity (Wildman–Crippen MR) is 96.2 cm³/mol. The summed E-state index contributed by atoms with van der Waals surface area (Å²) in [6.45, 7) is 1.09. The first-order chi connectivity index (χ1) is 12.8. The van der Waals surface area contributed by atoms with E-state index in [1.807, 2.05) is 24.4 Å². The van der Waals surface area contributed by atoms with Gasteiger partial charge in [0.2, 0.25) is 12.7 Å². The molecule has 0 radical (unpaired) electrons.